The molecule has 1 fully saturated rings. The van der Waals surface area contributed by atoms with Gasteiger partial charge in [0.2, 0.25) is 0 Å². The molecule has 7 heteroatoms. The predicted octanol–water partition coefficient (Wildman–Crippen LogP) is 1.11. The van der Waals surface area contributed by atoms with E-state index in [-0.39, 0.29) is 11.5 Å². The van der Waals surface area contributed by atoms with Crippen molar-refractivity contribution < 1.29 is 28.5 Å². The van der Waals surface area contributed by atoms with Crippen LogP contribution in [0.4, 0.5) is 0 Å². The standard InChI is InChI=1S/C16H21NO6/c1-11(15(18)17-6-8-22-9-7-17)23-16(19)13-5-4-12(20-2)10-14(13)21-3/h4-5,10-11H,6-9H2,1-3H3/t11-/m1/s1. The number of amides is 1. The van der Waals surface area contributed by atoms with Crippen molar-refractivity contribution in [1.82, 2.24) is 4.90 Å². The van der Waals surface area contributed by atoms with Crippen LogP contribution in [0.15, 0.2) is 18.2 Å². The highest BCUT2D eigenvalue weighted by Crippen LogP contribution is 2.25. The van der Waals surface area contributed by atoms with Crippen LogP contribution in [0.2, 0.25) is 0 Å². The third-order valence-electron chi connectivity index (χ3n) is 3.58. The fourth-order valence-corrected chi connectivity index (χ4v) is 2.28. The van der Waals surface area contributed by atoms with Crippen LogP contribution in [-0.4, -0.2) is 63.4 Å². The monoisotopic (exact) mass is 323 g/mol. The van der Waals surface area contributed by atoms with Crippen molar-refractivity contribution in [2.24, 2.45) is 0 Å². The molecule has 1 aliphatic heterocycles. The van der Waals surface area contributed by atoms with Crippen molar-refractivity contribution in [3.8, 4) is 11.5 Å². The lowest BCUT2D eigenvalue weighted by molar-refractivity contribution is -0.143. The van der Waals surface area contributed by atoms with E-state index in [2.05, 4.69) is 0 Å². The number of hydrogen-bond donors (Lipinski definition) is 0. The van der Waals surface area contributed by atoms with Crippen molar-refractivity contribution in [3.63, 3.8) is 0 Å². The fraction of sp³-hybridized carbons (Fsp3) is 0.500. The van der Waals surface area contributed by atoms with Gasteiger partial charge in [0, 0.05) is 19.2 Å². The van der Waals surface area contributed by atoms with Gasteiger partial charge in [-0.15, -0.1) is 0 Å². The maximum atomic E-state index is 12.3. The highest BCUT2D eigenvalue weighted by molar-refractivity contribution is 5.94. The number of benzene rings is 1. The Balaban J connectivity index is 2.04. The third kappa shape index (κ3) is 4.13. The molecule has 1 aliphatic rings. The lowest BCUT2D eigenvalue weighted by Gasteiger charge is -2.29. The van der Waals surface area contributed by atoms with Gasteiger partial charge >= 0.3 is 5.97 Å². The van der Waals surface area contributed by atoms with Gasteiger partial charge in [0.1, 0.15) is 17.1 Å². The number of methoxy groups -OCH3 is 2. The van der Waals surface area contributed by atoms with Gasteiger partial charge in [0.05, 0.1) is 27.4 Å². The predicted molar refractivity (Wildman–Crippen MR) is 81.8 cm³/mol. The minimum Gasteiger partial charge on any atom is -0.497 e. The van der Waals surface area contributed by atoms with Crippen LogP contribution >= 0.6 is 0 Å². The van der Waals surface area contributed by atoms with Crippen LogP contribution < -0.4 is 9.47 Å². The Morgan fingerprint density at radius 2 is 1.87 bits per heavy atom. The van der Waals surface area contributed by atoms with Crippen molar-refractivity contribution in [3.05, 3.63) is 23.8 Å². The van der Waals surface area contributed by atoms with Crippen molar-refractivity contribution in [2.75, 3.05) is 40.5 Å². The van der Waals surface area contributed by atoms with E-state index in [4.69, 9.17) is 18.9 Å². The number of nitrogens with zero attached hydrogens (tertiary/aromatic N) is 1. The number of carbonyl (C=O) groups is 2. The Morgan fingerprint density at radius 3 is 2.48 bits per heavy atom. The molecule has 2 rings (SSSR count). The first kappa shape index (κ1) is 17.1. The first-order valence-corrected chi connectivity index (χ1v) is 7.36. The zero-order valence-electron chi connectivity index (χ0n) is 13.5. The molecule has 0 saturated carbocycles. The first-order chi connectivity index (χ1) is 11.1. The average Bonchev–Trinajstić information content (AvgIpc) is 2.60. The van der Waals surface area contributed by atoms with Crippen molar-refractivity contribution in [1.29, 1.82) is 0 Å². The molecule has 0 radical (unpaired) electrons. The number of rotatable bonds is 5. The number of esters is 1. The van der Waals surface area contributed by atoms with Crippen LogP contribution in [-0.2, 0) is 14.3 Å². The smallest absolute Gasteiger partial charge is 0.342 e. The molecule has 0 unspecified atom stereocenters. The summed E-state index contributed by atoms with van der Waals surface area (Å²) in [7, 11) is 2.98. The average molecular weight is 323 g/mol. The lowest BCUT2D eigenvalue weighted by atomic mass is 10.2. The summed E-state index contributed by atoms with van der Waals surface area (Å²) in [6.45, 7) is 3.57. The maximum Gasteiger partial charge on any atom is 0.342 e. The first-order valence-electron chi connectivity index (χ1n) is 7.36. The molecular formula is C16H21NO6. The summed E-state index contributed by atoms with van der Waals surface area (Å²) in [5.41, 5.74) is 0.245. The van der Waals surface area contributed by atoms with Gasteiger partial charge in [-0.1, -0.05) is 0 Å². The summed E-state index contributed by atoms with van der Waals surface area (Å²) in [4.78, 5) is 26.2. The van der Waals surface area contributed by atoms with E-state index < -0.39 is 12.1 Å². The molecule has 23 heavy (non-hydrogen) atoms. The second-order valence-electron chi connectivity index (χ2n) is 5.05. The molecule has 0 bridgehead atoms. The van der Waals surface area contributed by atoms with Crippen LogP contribution in [0.3, 0.4) is 0 Å². The summed E-state index contributed by atoms with van der Waals surface area (Å²) in [5, 5.41) is 0. The van der Waals surface area contributed by atoms with Crippen LogP contribution in [0.1, 0.15) is 17.3 Å². The zero-order valence-corrected chi connectivity index (χ0v) is 13.5. The third-order valence-corrected chi connectivity index (χ3v) is 3.58. The Morgan fingerprint density at radius 1 is 1.17 bits per heavy atom. The van der Waals surface area contributed by atoms with Gasteiger partial charge in [-0.25, -0.2) is 4.79 Å². The Labute approximate surface area is 135 Å². The topological polar surface area (TPSA) is 74.3 Å². The molecule has 126 valence electrons. The summed E-state index contributed by atoms with van der Waals surface area (Å²) in [6, 6.07) is 4.77. The summed E-state index contributed by atoms with van der Waals surface area (Å²) in [6.07, 6.45) is -0.868. The quantitative estimate of drug-likeness (QED) is 0.756. The molecule has 0 N–H and O–H groups in total. The van der Waals surface area contributed by atoms with E-state index in [1.807, 2.05) is 0 Å². The van der Waals surface area contributed by atoms with Crippen molar-refractivity contribution >= 4 is 11.9 Å². The van der Waals surface area contributed by atoms with E-state index in [1.54, 1.807) is 30.0 Å². The van der Waals surface area contributed by atoms with Crippen LogP contribution in [0.5, 0.6) is 11.5 Å². The molecule has 7 nitrogen and oxygen atoms in total. The molecule has 1 saturated heterocycles. The second kappa shape index (κ2) is 7.82. The number of morpholine rings is 1. The molecule has 0 aromatic heterocycles. The molecular weight excluding hydrogens is 302 g/mol. The second-order valence-corrected chi connectivity index (χ2v) is 5.05. The SMILES string of the molecule is COc1ccc(C(=O)O[C@H](C)C(=O)N2CCOCC2)c(OC)c1. The molecule has 0 aliphatic carbocycles. The van der Waals surface area contributed by atoms with Crippen LogP contribution in [0, 0.1) is 0 Å². The Kier molecular flexibility index (Phi) is 5.81. The van der Waals surface area contributed by atoms with Crippen molar-refractivity contribution in [2.45, 2.75) is 13.0 Å². The number of carbonyl (C=O) groups excluding carboxylic acids is 2. The lowest BCUT2D eigenvalue weighted by Crippen LogP contribution is -2.46. The van der Waals surface area contributed by atoms with Gasteiger partial charge in [0.15, 0.2) is 6.10 Å². The fourth-order valence-electron chi connectivity index (χ4n) is 2.28. The summed E-state index contributed by atoms with van der Waals surface area (Å²) < 4.78 is 20.7. The molecule has 1 amide bonds. The summed E-state index contributed by atoms with van der Waals surface area (Å²) in [5.74, 6) is 0.0592. The minimum atomic E-state index is -0.868. The van der Waals surface area contributed by atoms with Gasteiger partial charge in [-0.2, -0.15) is 0 Å². The highest BCUT2D eigenvalue weighted by atomic mass is 16.6. The van der Waals surface area contributed by atoms with E-state index in [0.717, 1.165) is 0 Å². The van der Waals surface area contributed by atoms with E-state index in [9.17, 15) is 9.59 Å². The number of hydrogen-bond acceptors (Lipinski definition) is 6. The van der Waals surface area contributed by atoms with E-state index >= 15 is 0 Å². The van der Waals surface area contributed by atoms with Gasteiger partial charge < -0.3 is 23.8 Å². The maximum absolute atomic E-state index is 12.3. The van der Waals surface area contributed by atoms with Gasteiger partial charge in [0.25, 0.3) is 5.91 Å². The Hall–Kier alpha value is -2.28. The van der Waals surface area contributed by atoms with Gasteiger partial charge in [-0.05, 0) is 19.1 Å². The molecule has 0 spiro atoms. The molecule has 1 aromatic rings. The number of ether oxygens (including phenoxy) is 4. The van der Waals surface area contributed by atoms with E-state index in [1.165, 1.54) is 14.2 Å². The van der Waals surface area contributed by atoms with Crippen LogP contribution in [0.25, 0.3) is 0 Å². The minimum absolute atomic E-state index is 0.228. The summed E-state index contributed by atoms with van der Waals surface area (Å²) >= 11 is 0. The highest BCUT2D eigenvalue weighted by Gasteiger charge is 2.26. The Bertz CT molecular complexity index is 568. The molecule has 1 atom stereocenters. The zero-order chi connectivity index (χ0) is 16.8. The van der Waals surface area contributed by atoms with E-state index in [0.29, 0.717) is 37.8 Å². The molecule has 1 aromatic carbocycles. The normalized spacial score (nSPS) is 15.7. The molecule has 1 heterocycles. The van der Waals surface area contributed by atoms with Gasteiger partial charge in [-0.3, -0.25) is 4.79 Å². The largest absolute Gasteiger partial charge is 0.497 e.